The zero-order valence-electron chi connectivity index (χ0n) is 13.6. The summed E-state index contributed by atoms with van der Waals surface area (Å²) < 4.78 is 10.7. The molecule has 3 aliphatic rings. The predicted octanol–water partition coefficient (Wildman–Crippen LogP) is 2.37. The second kappa shape index (κ2) is 5.85. The van der Waals surface area contributed by atoms with Gasteiger partial charge in [-0.25, -0.2) is 9.59 Å². The van der Waals surface area contributed by atoms with Crippen molar-refractivity contribution in [3.8, 4) is 5.75 Å². The molecular weight excluding hydrogens is 308 g/mol. The molecule has 126 valence electrons. The van der Waals surface area contributed by atoms with Crippen LogP contribution >= 0.6 is 0 Å². The third kappa shape index (κ3) is 2.62. The van der Waals surface area contributed by atoms with Crippen LogP contribution < -0.4 is 10.1 Å². The molecule has 2 amide bonds. The first-order valence-electron chi connectivity index (χ1n) is 8.38. The van der Waals surface area contributed by atoms with Gasteiger partial charge < -0.3 is 14.8 Å². The first-order chi connectivity index (χ1) is 11.7. The van der Waals surface area contributed by atoms with Crippen molar-refractivity contribution < 1.29 is 19.1 Å². The molecule has 1 unspecified atom stereocenters. The fourth-order valence-electron chi connectivity index (χ4n) is 3.24. The number of hydrogen-bond acceptors (Lipinski definition) is 4. The summed E-state index contributed by atoms with van der Waals surface area (Å²) in [7, 11) is 0. The number of carbonyl (C=O) groups is 2. The molecule has 1 saturated carbocycles. The maximum absolute atomic E-state index is 12.5. The van der Waals surface area contributed by atoms with E-state index >= 15 is 0 Å². The molecule has 0 saturated heterocycles. The van der Waals surface area contributed by atoms with Crippen molar-refractivity contribution in [3.63, 3.8) is 0 Å². The molecule has 0 radical (unpaired) electrons. The maximum atomic E-state index is 12.5. The van der Waals surface area contributed by atoms with Crippen molar-refractivity contribution >= 4 is 12.0 Å². The fourth-order valence-corrected chi connectivity index (χ4v) is 3.24. The first-order valence-corrected chi connectivity index (χ1v) is 8.38. The molecule has 0 bridgehead atoms. The molecule has 0 spiro atoms. The number of ether oxygens (including phenoxy) is 2. The van der Waals surface area contributed by atoms with Gasteiger partial charge in [0.25, 0.3) is 0 Å². The fraction of sp³-hybridized carbons (Fsp3) is 0.444. The van der Waals surface area contributed by atoms with Crippen LogP contribution in [-0.4, -0.2) is 36.7 Å². The van der Waals surface area contributed by atoms with Crippen molar-refractivity contribution in [2.24, 2.45) is 5.92 Å². The summed E-state index contributed by atoms with van der Waals surface area (Å²) in [5.41, 5.74) is 2.12. The van der Waals surface area contributed by atoms with Crippen molar-refractivity contribution in [1.82, 2.24) is 10.2 Å². The zero-order chi connectivity index (χ0) is 16.7. The lowest BCUT2D eigenvalue weighted by Crippen LogP contribution is -2.47. The number of esters is 1. The van der Waals surface area contributed by atoms with E-state index < -0.39 is 6.04 Å². The summed E-state index contributed by atoms with van der Waals surface area (Å²) in [5, 5.41) is 2.96. The Kier molecular flexibility index (Phi) is 3.67. The monoisotopic (exact) mass is 328 g/mol. The lowest BCUT2D eigenvalue weighted by molar-refractivity contribution is -0.136. The molecule has 1 atom stereocenters. The number of amides is 2. The molecule has 1 aromatic rings. The van der Waals surface area contributed by atoms with Crippen molar-refractivity contribution in [1.29, 1.82) is 0 Å². The molecule has 24 heavy (non-hydrogen) atoms. The number of hydrogen-bond donors (Lipinski definition) is 1. The van der Waals surface area contributed by atoms with Crippen LogP contribution in [0.4, 0.5) is 4.79 Å². The molecule has 6 heteroatoms. The highest BCUT2D eigenvalue weighted by atomic mass is 16.5. The van der Waals surface area contributed by atoms with Crippen LogP contribution in [0.2, 0.25) is 0 Å². The normalized spacial score (nSPS) is 23.0. The Bertz CT molecular complexity index is 706. The SMILES string of the molecule is CCOc1ccc(C2NC(=O)N(CC3CC3)C3=C2C(=O)OC3)cc1. The van der Waals surface area contributed by atoms with Crippen LogP contribution in [0.3, 0.4) is 0 Å². The lowest BCUT2D eigenvalue weighted by atomic mass is 9.95. The summed E-state index contributed by atoms with van der Waals surface area (Å²) in [6.07, 6.45) is 2.28. The van der Waals surface area contributed by atoms with Gasteiger partial charge >= 0.3 is 12.0 Å². The number of carbonyl (C=O) groups excluding carboxylic acids is 2. The zero-order valence-corrected chi connectivity index (χ0v) is 13.6. The Balaban J connectivity index is 1.66. The smallest absolute Gasteiger partial charge is 0.338 e. The van der Waals surface area contributed by atoms with E-state index in [4.69, 9.17) is 9.47 Å². The van der Waals surface area contributed by atoms with Gasteiger partial charge in [-0.2, -0.15) is 0 Å². The van der Waals surface area contributed by atoms with Crippen molar-refractivity contribution in [2.45, 2.75) is 25.8 Å². The Hall–Kier alpha value is -2.50. The quantitative estimate of drug-likeness (QED) is 0.843. The van der Waals surface area contributed by atoms with E-state index in [0.717, 1.165) is 29.9 Å². The van der Waals surface area contributed by atoms with Gasteiger partial charge in [0.15, 0.2) is 0 Å². The topological polar surface area (TPSA) is 67.9 Å². The molecule has 1 aromatic carbocycles. The van der Waals surface area contributed by atoms with E-state index in [-0.39, 0.29) is 18.6 Å². The second-order valence-corrected chi connectivity index (χ2v) is 6.38. The van der Waals surface area contributed by atoms with E-state index in [1.165, 1.54) is 0 Å². The highest BCUT2D eigenvalue weighted by Crippen LogP contribution is 2.38. The standard InChI is InChI=1S/C18H20N2O4/c1-2-23-13-7-5-12(6-8-13)16-15-14(10-24-17(15)21)20(18(22)19-16)9-11-3-4-11/h5-8,11,16H,2-4,9-10H2,1H3,(H,19,22). The molecule has 6 nitrogen and oxygen atoms in total. The van der Waals surface area contributed by atoms with Gasteiger partial charge in [-0.1, -0.05) is 12.1 Å². The van der Waals surface area contributed by atoms with Gasteiger partial charge in [-0.15, -0.1) is 0 Å². The number of nitrogens with zero attached hydrogens (tertiary/aromatic N) is 1. The number of nitrogens with one attached hydrogen (secondary N) is 1. The number of urea groups is 1. The van der Waals surface area contributed by atoms with Gasteiger partial charge in [0, 0.05) is 6.54 Å². The Morgan fingerprint density at radius 3 is 2.67 bits per heavy atom. The van der Waals surface area contributed by atoms with E-state index in [0.29, 0.717) is 24.6 Å². The Labute approximate surface area is 140 Å². The predicted molar refractivity (Wildman–Crippen MR) is 86.3 cm³/mol. The number of cyclic esters (lactones) is 1. The molecule has 4 rings (SSSR count). The van der Waals surface area contributed by atoms with Crippen LogP contribution in [0.5, 0.6) is 5.75 Å². The molecule has 1 N–H and O–H groups in total. The molecule has 1 aliphatic carbocycles. The van der Waals surface area contributed by atoms with Gasteiger partial charge in [-0.05, 0) is 43.4 Å². The Morgan fingerprint density at radius 1 is 1.25 bits per heavy atom. The van der Waals surface area contributed by atoms with Crippen LogP contribution in [0.1, 0.15) is 31.4 Å². The third-order valence-corrected chi connectivity index (χ3v) is 4.66. The molecule has 1 fully saturated rings. The number of rotatable bonds is 5. The van der Waals surface area contributed by atoms with Crippen LogP contribution in [0.25, 0.3) is 0 Å². The molecule has 0 aromatic heterocycles. The lowest BCUT2D eigenvalue weighted by Gasteiger charge is -2.33. The van der Waals surface area contributed by atoms with Gasteiger partial charge in [0.05, 0.1) is 23.9 Å². The van der Waals surface area contributed by atoms with E-state index in [1.54, 1.807) is 4.90 Å². The highest BCUT2D eigenvalue weighted by molar-refractivity contribution is 5.97. The molecular formula is C18H20N2O4. The van der Waals surface area contributed by atoms with Gasteiger partial charge in [-0.3, -0.25) is 4.90 Å². The van der Waals surface area contributed by atoms with Crippen molar-refractivity contribution in [2.75, 3.05) is 19.8 Å². The molecule has 2 heterocycles. The van der Waals surface area contributed by atoms with E-state index in [1.807, 2.05) is 31.2 Å². The van der Waals surface area contributed by atoms with E-state index in [9.17, 15) is 9.59 Å². The third-order valence-electron chi connectivity index (χ3n) is 4.66. The van der Waals surface area contributed by atoms with Crippen LogP contribution in [-0.2, 0) is 9.53 Å². The minimum absolute atomic E-state index is 0.155. The van der Waals surface area contributed by atoms with E-state index in [2.05, 4.69) is 5.32 Å². The maximum Gasteiger partial charge on any atom is 0.338 e. The minimum Gasteiger partial charge on any atom is -0.494 e. The number of benzene rings is 1. The Morgan fingerprint density at radius 2 is 2.00 bits per heavy atom. The summed E-state index contributed by atoms with van der Waals surface area (Å²) >= 11 is 0. The highest BCUT2D eigenvalue weighted by Gasteiger charge is 2.43. The molecule has 2 aliphatic heterocycles. The van der Waals surface area contributed by atoms with Crippen LogP contribution in [0, 0.1) is 5.92 Å². The van der Waals surface area contributed by atoms with Crippen molar-refractivity contribution in [3.05, 3.63) is 41.1 Å². The first kappa shape index (κ1) is 15.1. The average molecular weight is 328 g/mol. The summed E-state index contributed by atoms with van der Waals surface area (Å²) in [6.45, 7) is 3.37. The van der Waals surface area contributed by atoms with Gasteiger partial charge in [0.2, 0.25) is 0 Å². The minimum atomic E-state index is -0.464. The average Bonchev–Trinajstić information content (AvgIpc) is 3.32. The largest absolute Gasteiger partial charge is 0.494 e. The summed E-state index contributed by atoms with van der Waals surface area (Å²) in [5.74, 6) is 0.967. The van der Waals surface area contributed by atoms with Gasteiger partial charge in [0.1, 0.15) is 12.4 Å². The van der Waals surface area contributed by atoms with Crippen LogP contribution in [0.15, 0.2) is 35.5 Å². The second-order valence-electron chi connectivity index (χ2n) is 6.38. The summed E-state index contributed by atoms with van der Waals surface area (Å²) in [6, 6.07) is 6.83. The summed E-state index contributed by atoms with van der Waals surface area (Å²) in [4.78, 5) is 26.5.